The molecule has 1 aliphatic rings. The van der Waals surface area contributed by atoms with Gasteiger partial charge in [0, 0.05) is 47.9 Å². The zero-order chi connectivity index (χ0) is 27.2. The average Bonchev–Trinajstić information content (AvgIpc) is 3.28. The number of nitrogens with one attached hydrogen (secondary N) is 1. The standard InChI is InChI=1S/C30H28N2O6S/c33-16-14-31-27(35)7-4-15-32-18-24(19-32)37-22-9-11-23(12-10-22)38-29-25-13-8-21(34)17-26(25)39-30(29)28(36)20-5-2-1-3-6-20/h1-13,17,24,33-34H,14-16,18-19H2,(H,31,35)/b7-4+. The van der Waals surface area contributed by atoms with Crippen molar-refractivity contribution in [1.82, 2.24) is 10.2 Å². The second-order valence-electron chi connectivity index (χ2n) is 9.08. The van der Waals surface area contributed by atoms with Crippen molar-refractivity contribution in [3.8, 4) is 23.0 Å². The number of likely N-dealkylation sites (tertiary alicyclic amines) is 1. The first kappa shape index (κ1) is 26.4. The summed E-state index contributed by atoms with van der Waals surface area (Å²) in [6.45, 7) is 2.31. The fourth-order valence-electron chi connectivity index (χ4n) is 4.22. The number of carbonyl (C=O) groups excluding carboxylic acids is 2. The molecule has 1 amide bonds. The SMILES string of the molecule is O=C(/C=C/CN1CC(Oc2ccc(Oc3c(C(=O)c4ccccc4)sc4cc(O)ccc34)cc2)C1)NCCO. The Morgan fingerprint density at radius 2 is 1.77 bits per heavy atom. The molecular weight excluding hydrogens is 516 g/mol. The topological polar surface area (TPSA) is 108 Å². The van der Waals surface area contributed by atoms with Crippen molar-refractivity contribution >= 4 is 33.1 Å². The first-order valence-electron chi connectivity index (χ1n) is 12.6. The van der Waals surface area contributed by atoms with E-state index in [1.807, 2.05) is 30.3 Å². The van der Waals surface area contributed by atoms with Crippen LogP contribution in [-0.2, 0) is 4.79 Å². The number of amides is 1. The predicted octanol–water partition coefficient (Wildman–Crippen LogP) is 4.36. The van der Waals surface area contributed by atoms with E-state index in [1.54, 1.807) is 48.5 Å². The number of phenols is 1. The van der Waals surface area contributed by atoms with E-state index in [2.05, 4.69) is 10.2 Å². The van der Waals surface area contributed by atoms with E-state index in [0.29, 0.717) is 34.2 Å². The van der Waals surface area contributed by atoms with Crippen LogP contribution in [0, 0.1) is 0 Å². The third kappa shape index (κ3) is 6.46. The van der Waals surface area contributed by atoms with Gasteiger partial charge in [-0.2, -0.15) is 0 Å². The maximum Gasteiger partial charge on any atom is 0.243 e. The highest BCUT2D eigenvalue weighted by Gasteiger charge is 2.27. The molecular formula is C30H28N2O6S. The van der Waals surface area contributed by atoms with Crippen molar-refractivity contribution in [3.63, 3.8) is 0 Å². The minimum atomic E-state index is -0.218. The summed E-state index contributed by atoms with van der Waals surface area (Å²) >= 11 is 1.29. The smallest absolute Gasteiger partial charge is 0.243 e. The minimum Gasteiger partial charge on any atom is -0.508 e. The van der Waals surface area contributed by atoms with Gasteiger partial charge >= 0.3 is 0 Å². The first-order chi connectivity index (χ1) is 19.0. The highest BCUT2D eigenvalue weighted by atomic mass is 32.1. The van der Waals surface area contributed by atoms with Crippen molar-refractivity contribution in [1.29, 1.82) is 0 Å². The van der Waals surface area contributed by atoms with Crippen LogP contribution in [0.3, 0.4) is 0 Å². The highest BCUT2D eigenvalue weighted by molar-refractivity contribution is 7.21. The van der Waals surface area contributed by atoms with E-state index in [9.17, 15) is 14.7 Å². The summed E-state index contributed by atoms with van der Waals surface area (Å²) in [5.74, 6) is 1.52. The Morgan fingerprint density at radius 3 is 2.51 bits per heavy atom. The molecule has 5 rings (SSSR count). The Balaban J connectivity index is 1.22. The van der Waals surface area contributed by atoms with Gasteiger partial charge in [0.2, 0.25) is 11.7 Å². The van der Waals surface area contributed by atoms with Crippen molar-refractivity contribution in [2.24, 2.45) is 0 Å². The molecule has 200 valence electrons. The van der Waals surface area contributed by atoms with Crippen LogP contribution in [0.2, 0.25) is 0 Å². The van der Waals surface area contributed by atoms with Crippen LogP contribution in [0.25, 0.3) is 10.1 Å². The average molecular weight is 545 g/mol. The summed E-state index contributed by atoms with van der Waals surface area (Å²) in [4.78, 5) is 27.5. The number of aliphatic hydroxyl groups excluding tert-OH is 1. The van der Waals surface area contributed by atoms with Crippen LogP contribution >= 0.6 is 11.3 Å². The van der Waals surface area contributed by atoms with Gasteiger partial charge in [-0.05, 0) is 42.5 Å². The van der Waals surface area contributed by atoms with Gasteiger partial charge in [-0.3, -0.25) is 14.5 Å². The number of ketones is 1. The third-order valence-corrected chi connectivity index (χ3v) is 7.32. The van der Waals surface area contributed by atoms with Gasteiger partial charge in [0.1, 0.15) is 28.2 Å². The van der Waals surface area contributed by atoms with Crippen LogP contribution in [0.1, 0.15) is 15.2 Å². The number of thiophene rings is 1. The summed E-state index contributed by atoms with van der Waals surface area (Å²) < 4.78 is 13.1. The number of aromatic hydroxyl groups is 1. The second-order valence-corrected chi connectivity index (χ2v) is 10.1. The van der Waals surface area contributed by atoms with Crippen LogP contribution in [0.5, 0.6) is 23.0 Å². The monoisotopic (exact) mass is 544 g/mol. The van der Waals surface area contributed by atoms with E-state index >= 15 is 0 Å². The van der Waals surface area contributed by atoms with Gasteiger partial charge in [0.15, 0.2) is 5.75 Å². The highest BCUT2D eigenvalue weighted by Crippen LogP contribution is 2.42. The van der Waals surface area contributed by atoms with E-state index in [4.69, 9.17) is 14.6 Å². The molecule has 0 radical (unpaired) electrons. The molecule has 2 heterocycles. The molecule has 3 N–H and O–H groups in total. The number of hydrogen-bond acceptors (Lipinski definition) is 8. The van der Waals surface area contributed by atoms with Crippen LogP contribution < -0.4 is 14.8 Å². The molecule has 39 heavy (non-hydrogen) atoms. The Kier molecular flexibility index (Phi) is 8.21. The van der Waals surface area contributed by atoms with Gasteiger partial charge in [0.05, 0.1) is 6.61 Å². The molecule has 3 aromatic carbocycles. The normalized spacial score (nSPS) is 13.9. The van der Waals surface area contributed by atoms with E-state index in [-0.39, 0.29) is 36.7 Å². The van der Waals surface area contributed by atoms with Crippen LogP contribution in [-0.4, -0.2) is 65.7 Å². The maximum absolute atomic E-state index is 13.3. The molecule has 9 heteroatoms. The van der Waals surface area contributed by atoms with Crippen molar-refractivity contribution in [3.05, 3.63) is 95.4 Å². The van der Waals surface area contributed by atoms with Crippen molar-refractivity contribution in [2.75, 3.05) is 32.8 Å². The molecule has 0 atom stereocenters. The second kappa shape index (κ2) is 12.1. The van der Waals surface area contributed by atoms with E-state index in [1.165, 1.54) is 17.4 Å². The number of nitrogens with zero attached hydrogens (tertiary/aromatic N) is 1. The number of hydrogen-bond donors (Lipinski definition) is 3. The molecule has 1 fully saturated rings. The first-order valence-corrected chi connectivity index (χ1v) is 13.4. The number of phenolic OH excluding ortho intramolecular Hbond substituents is 1. The molecule has 0 spiro atoms. The summed E-state index contributed by atoms with van der Waals surface area (Å²) in [6.07, 6.45) is 3.32. The zero-order valence-electron chi connectivity index (χ0n) is 21.1. The quantitative estimate of drug-likeness (QED) is 0.190. The Bertz CT molecular complexity index is 1480. The van der Waals surface area contributed by atoms with Crippen LogP contribution in [0.4, 0.5) is 0 Å². The molecule has 1 aliphatic heterocycles. The number of rotatable bonds is 11. The largest absolute Gasteiger partial charge is 0.508 e. The Hall–Kier alpha value is -4.18. The number of carbonyl (C=O) groups is 2. The molecule has 8 nitrogen and oxygen atoms in total. The number of benzene rings is 3. The molecule has 1 saturated heterocycles. The lowest BCUT2D eigenvalue weighted by Gasteiger charge is -2.38. The Morgan fingerprint density at radius 1 is 1.03 bits per heavy atom. The van der Waals surface area contributed by atoms with Gasteiger partial charge in [0.25, 0.3) is 0 Å². The predicted molar refractivity (Wildman–Crippen MR) is 150 cm³/mol. The fraction of sp³-hybridized carbons (Fsp3) is 0.200. The molecule has 0 aliphatic carbocycles. The molecule has 0 unspecified atom stereocenters. The summed E-state index contributed by atoms with van der Waals surface area (Å²) in [7, 11) is 0. The summed E-state index contributed by atoms with van der Waals surface area (Å²) in [5.41, 5.74) is 0.567. The van der Waals surface area contributed by atoms with Gasteiger partial charge in [-0.15, -0.1) is 11.3 Å². The third-order valence-electron chi connectivity index (χ3n) is 6.18. The van der Waals surface area contributed by atoms with E-state index in [0.717, 1.165) is 23.2 Å². The lowest BCUT2D eigenvalue weighted by atomic mass is 10.1. The van der Waals surface area contributed by atoms with E-state index < -0.39 is 0 Å². The Labute approximate surface area is 229 Å². The lowest BCUT2D eigenvalue weighted by molar-refractivity contribution is -0.116. The zero-order valence-corrected chi connectivity index (χ0v) is 21.9. The summed E-state index contributed by atoms with van der Waals surface area (Å²) in [5, 5.41) is 22.0. The lowest BCUT2D eigenvalue weighted by Crippen LogP contribution is -2.53. The minimum absolute atomic E-state index is 0.0528. The molecule has 0 saturated carbocycles. The molecule has 4 aromatic rings. The summed E-state index contributed by atoms with van der Waals surface area (Å²) in [6, 6.07) is 21.3. The fourth-order valence-corrected chi connectivity index (χ4v) is 5.35. The number of aliphatic hydroxyl groups is 1. The van der Waals surface area contributed by atoms with Crippen molar-refractivity contribution in [2.45, 2.75) is 6.10 Å². The van der Waals surface area contributed by atoms with Gasteiger partial charge < -0.3 is 25.0 Å². The molecule has 0 bridgehead atoms. The maximum atomic E-state index is 13.3. The van der Waals surface area contributed by atoms with Crippen LogP contribution in [0.15, 0.2) is 84.9 Å². The van der Waals surface area contributed by atoms with Crippen molar-refractivity contribution < 1.29 is 29.3 Å². The number of fused-ring (bicyclic) bond motifs is 1. The molecule has 1 aromatic heterocycles. The van der Waals surface area contributed by atoms with Gasteiger partial charge in [-0.1, -0.05) is 36.4 Å². The van der Waals surface area contributed by atoms with Gasteiger partial charge in [-0.25, -0.2) is 0 Å². The number of ether oxygens (including phenoxy) is 2.